The highest BCUT2D eigenvalue weighted by molar-refractivity contribution is 6.30. The van der Waals surface area contributed by atoms with E-state index in [1.807, 2.05) is 35.2 Å². The van der Waals surface area contributed by atoms with Crippen LogP contribution in [-0.2, 0) is 6.54 Å². The van der Waals surface area contributed by atoms with Gasteiger partial charge in [0.25, 0.3) is 5.91 Å². The van der Waals surface area contributed by atoms with Crippen molar-refractivity contribution in [2.24, 2.45) is 0 Å². The van der Waals surface area contributed by atoms with E-state index in [0.29, 0.717) is 33.0 Å². The highest BCUT2D eigenvalue weighted by Crippen LogP contribution is 2.31. The third kappa shape index (κ3) is 5.90. The van der Waals surface area contributed by atoms with Crippen molar-refractivity contribution in [3.05, 3.63) is 94.3 Å². The largest absolute Gasteiger partial charge is 0.366 e. The molecular weight excluding hydrogens is 537 g/mol. The molecule has 1 aromatic heterocycles. The van der Waals surface area contributed by atoms with Crippen molar-refractivity contribution in [3.8, 4) is 17.2 Å². The molecule has 0 aliphatic carbocycles. The van der Waals surface area contributed by atoms with Gasteiger partial charge in [-0.2, -0.15) is 5.26 Å². The monoisotopic (exact) mass is 567 g/mol. The number of pyridine rings is 1. The van der Waals surface area contributed by atoms with E-state index in [1.54, 1.807) is 24.3 Å². The molecule has 2 aliphatic rings. The maximum Gasteiger partial charge on any atom is 0.254 e. The second-order valence-electron chi connectivity index (χ2n) is 10.9. The summed E-state index contributed by atoms with van der Waals surface area (Å²) in [5.41, 5.74) is 4.17. The zero-order valence-corrected chi connectivity index (χ0v) is 23.5. The number of benzene rings is 3. The maximum atomic E-state index is 14.4. The van der Waals surface area contributed by atoms with E-state index < -0.39 is 0 Å². The molecule has 0 radical (unpaired) electrons. The van der Waals surface area contributed by atoms with E-state index in [2.05, 4.69) is 16.3 Å². The smallest absolute Gasteiger partial charge is 0.254 e. The molecule has 2 aliphatic heterocycles. The average molecular weight is 568 g/mol. The molecule has 0 spiro atoms. The first-order chi connectivity index (χ1) is 20.0. The number of amides is 1. The van der Waals surface area contributed by atoms with Gasteiger partial charge in [-0.3, -0.25) is 4.79 Å². The summed E-state index contributed by atoms with van der Waals surface area (Å²) in [6, 6.07) is 21.9. The third-order valence-corrected chi connectivity index (χ3v) is 8.39. The Morgan fingerprint density at radius 1 is 1.00 bits per heavy atom. The zero-order valence-electron chi connectivity index (χ0n) is 22.7. The van der Waals surface area contributed by atoms with Gasteiger partial charge in [0.2, 0.25) is 0 Å². The van der Waals surface area contributed by atoms with Crippen LogP contribution in [-0.4, -0.2) is 52.9 Å². The Balaban J connectivity index is 1.37. The van der Waals surface area contributed by atoms with E-state index in [4.69, 9.17) is 16.6 Å². The molecule has 1 atom stereocenters. The van der Waals surface area contributed by atoms with Crippen LogP contribution in [0.4, 0.5) is 10.2 Å². The molecule has 3 aromatic carbocycles. The number of hydrogen-bond donors (Lipinski definition) is 1. The van der Waals surface area contributed by atoms with Crippen LogP contribution in [0.25, 0.3) is 22.0 Å². The van der Waals surface area contributed by atoms with Crippen molar-refractivity contribution in [2.45, 2.75) is 38.3 Å². The van der Waals surface area contributed by atoms with Gasteiger partial charge in [-0.25, -0.2) is 9.37 Å². The lowest BCUT2D eigenvalue weighted by atomic mass is 9.99. The van der Waals surface area contributed by atoms with Crippen LogP contribution in [0.3, 0.4) is 0 Å². The fourth-order valence-electron chi connectivity index (χ4n) is 5.99. The fourth-order valence-corrected chi connectivity index (χ4v) is 6.18. The van der Waals surface area contributed by atoms with Crippen LogP contribution >= 0.6 is 11.6 Å². The van der Waals surface area contributed by atoms with Gasteiger partial charge in [0, 0.05) is 41.6 Å². The number of fused-ring (bicyclic) bond motifs is 1. The Morgan fingerprint density at radius 2 is 1.78 bits per heavy atom. The molecule has 41 heavy (non-hydrogen) atoms. The lowest BCUT2D eigenvalue weighted by Gasteiger charge is -2.29. The standard InChI is InChI=1S/C33H31ClFN5O/c34-26-10-11-30(35)25(16-26)20-37-32-18-29(33(41)40-15-3-4-27(40)21-39-13-1-2-14-39)28-17-24(9-12-31(28)38-32)23-7-5-22(19-36)6-8-23/h5-12,16-18,27H,1-4,13-15,20-21H2,(H,37,38)/t27-/m0/s1. The van der Waals surface area contributed by atoms with Crippen molar-refractivity contribution in [1.82, 2.24) is 14.8 Å². The number of anilines is 1. The first-order valence-corrected chi connectivity index (χ1v) is 14.5. The molecule has 0 bridgehead atoms. The molecular formula is C33H31ClFN5O. The lowest BCUT2D eigenvalue weighted by Crippen LogP contribution is -2.42. The Labute approximate surface area is 244 Å². The molecule has 2 fully saturated rings. The quantitative estimate of drug-likeness (QED) is 0.263. The summed E-state index contributed by atoms with van der Waals surface area (Å²) in [4.78, 5) is 23.5. The summed E-state index contributed by atoms with van der Waals surface area (Å²) in [5, 5.41) is 13.6. The molecule has 2 saturated heterocycles. The van der Waals surface area contributed by atoms with Crippen LogP contribution in [0.15, 0.2) is 66.7 Å². The summed E-state index contributed by atoms with van der Waals surface area (Å²) in [5.74, 6) is 0.141. The van der Waals surface area contributed by atoms with Gasteiger partial charge < -0.3 is 15.1 Å². The van der Waals surface area contributed by atoms with Crippen LogP contribution in [0.1, 0.15) is 47.2 Å². The SMILES string of the molecule is N#Cc1ccc(-c2ccc3nc(NCc4cc(Cl)ccc4F)cc(C(=O)N4CCC[C@H]4CN4CCCC4)c3c2)cc1. The van der Waals surface area contributed by atoms with Crippen molar-refractivity contribution in [3.63, 3.8) is 0 Å². The van der Waals surface area contributed by atoms with Gasteiger partial charge in [0.1, 0.15) is 11.6 Å². The Hall–Kier alpha value is -3.99. The molecule has 6 rings (SSSR count). The molecule has 0 saturated carbocycles. The van der Waals surface area contributed by atoms with Crippen LogP contribution in [0, 0.1) is 17.1 Å². The number of rotatable bonds is 7. The van der Waals surface area contributed by atoms with E-state index in [-0.39, 0.29) is 24.3 Å². The molecule has 6 nitrogen and oxygen atoms in total. The number of carbonyl (C=O) groups excluding carboxylic acids is 1. The number of nitrogens with zero attached hydrogens (tertiary/aromatic N) is 4. The lowest BCUT2D eigenvalue weighted by molar-refractivity contribution is 0.0710. The maximum absolute atomic E-state index is 14.4. The minimum atomic E-state index is -0.354. The van der Waals surface area contributed by atoms with Crippen molar-refractivity contribution >= 4 is 34.2 Å². The highest BCUT2D eigenvalue weighted by Gasteiger charge is 2.32. The van der Waals surface area contributed by atoms with Gasteiger partial charge >= 0.3 is 0 Å². The second kappa shape index (κ2) is 11.9. The fraction of sp³-hybridized carbons (Fsp3) is 0.303. The molecule has 4 aromatic rings. The summed E-state index contributed by atoms with van der Waals surface area (Å²) < 4.78 is 14.4. The number of likely N-dealkylation sites (tertiary alicyclic amines) is 2. The summed E-state index contributed by atoms with van der Waals surface area (Å²) in [6.45, 7) is 4.01. The Bertz CT molecular complexity index is 1630. The molecule has 8 heteroatoms. The van der Waals surface area contributed by atoms with E-state index in [1.165, 1.54) is 25.0 Å². The van der Waals surface area contributed by atoms with Crippen molar-refractivity contribution in [1.29, 1.82) is 5.26 Å². The molecule has 0 unspecified atom stereocenters. The van der Waals surface area contributed by atoms with Gasteiger partial charge in [-0.1, -0.05) is 29.8 Å². The van der Waals surface area contributed by atoms with E-state index in [0.717, 1.165) is 55.5 Å². The minimum Gasteiger partial charge on any atom is -0.366 e. The predicted molar refractivity (Wildman–Crippen MR) is 160 cm³/mol. The first-order valence-electron chi connectivity index (χ1n) is 14.1. The number of hydrogen-bond acceptors (Lipinski definition) is 5. The molecule has 1 N–H and O–H groups in total. The number of nitriles is 1. The topological polar surface area (TPSA) is 72.3 Å². The average Bonchev–Trinajstić information content (AvgIpc) is 3.69. The normalized spacial score (nSPS) is 17.2. The van der Waals surface area contributed by atoms with E-state index >= 15 is 0 Å². The van der Waals surface area contributed by atoms with Gasteiger partial charge in [0.05, 0.1) is 22.7 Å². The van der Waals surface area contributed by atoms with Gasteiger partial charge in [0.15, 0.2) is 0 Å². The number of carbonyl (C=O) groups is 1. The summed E-state index contributed by atoms with van der Waals surface area (Å²) in [7, 11) is 0. The minimum absolute atomic E-state index is 0.00642. The van der Waals surface area contributed by atoms with Crippen LogP contribution < -0.4 is 5.32 Å². The van der Waals surface area contributed by atoms with Gasteiger partial charge in [-0.05, 0) is 98.4 Å². The number of nitrogens with one attached hydrogen (secondary N) is 1. The van der Waals surface area contributed by atoms with Gasteiger partial charge in [-0.15, -0.1) is 0 Å². The Morgan fingerprint density at radius 3 is 2.56 bits per heavy atom. The van der Waals surface area contributed by atoms with Crippen molar-refractivity contribution < 1.29 is 9.18 Å². The molecule has 1 amide bonds. The Kier molecular flexibility index (Phi) is 7.86. The van der Waals surface area contributed by atoms with E-state index in [9.17, 15) is 14.4 Å². The molecule has 3 heterocycles. The van der Waals surface area contributed by atoms with Crippen LogP contribution in [0.5, 0.6) is 0 Å². The highest BCUT2D eigenvalue weighted by atomic mass is 35.5. The predicted octanol–water partition coefficient (Wildman–Crippen LogP) is 6.88. The summed E-state index contributed by atoms with van der Waals surface area (Å²) >= 11 is 6.09. The van der Waals surface area contributed by atoms with Crippen LogP contribution in [0.2, 0.25) is 5.02 Å². The summed E-state index contributed by atoms with van der Waals surface area (Å²) in [6.07, 6.45) is 4.43. The zero-order chi connectivity index (χ0) is 28.3. The molecule has 208 valence electrons. The third-order valence-electron chi connectivity index (χ3n) is 8.16. The first kappa shape index (κ1) is 27.2. The number of aromatic nitrogens is 1. The second-order valence-corrected chi connectivity index (χ2v) is 11.3. The van der Waals surface area contributed by atoms with Crippen molar-refractivity contribution in [2.75, 3.05) is 31.5 Å². The number of halogens is 2.